The van der Waals surface area contributed by atoms with Crippen LogP contribution in [0.5, 0.6) is 0 Å². The van der Waals surface area contributed by atoms with Crippen molar-refractivity contribution in [1.29, 1.82) is 0 Å². The van der Waals surface area contributed by atoms with E-state index in [1.807, 2.05) is 0 Å². The zero-order valence-electron chi connectivity index (χ0n) is 12.3. The second kappa shape index (κ2) is 8.10. The van der Waals surface area contributed by atoms with E-state index in [1.165, 1.54) is 51.6 Å². The first-order chi connectivity index (χ1) is 8.13. The van der Waals surface area contributed by atoms with E-state index in [1.54, 1.807) is 0 Å². The molecular weight excluding hydrogens is 208 g/mol. The molecule has 1 atom stereocenters. The van der Waals surface area contributed by atoms with E-state index in [0.717, 1.165) is 12.0 Å². The van der Waals surface area contributed by atoms with Crippen molar-refractivity contribution < 1.29 is 0 Å². The fourth-order valence-electron chi connectivity index (χ4n) is 2.25. The molecule has 0 radical (unpaired) electrons. The van der Waals surface area contributed by atoms with Crippen LogP contribution < -0.4 is 5.32 Å². The SMILES string of the molecule is CNC(C)CCCCN(CCC(C)C)C1CC1. The van der Waals surface area contributed by atoms with Crippen LogP contribution in [-0.4, -0.2) is 37.1 Å². The molecule has 0 aromatic carbocycles. The summed E-state index contributed by atoms with van der Waals surface area (Å²) in [4.78, 5) is 2.74. The van der Waals surface area contributed by atoms with Crippen molar-refractivity contribution in [2.75, 3.05) is 20.1 Å². The lowest BCUT2D eigenvalue weighted by Crippen LogP contribution is -2.29. The third-order valence-corrected chi connectivity index (χ3v) is 3.88. The van der Waals surface area contributed by atoms with Crippen molar-refractivity contribution in [2.45, 2.75) is 71.4 Å². The Hall–Kier alpha value is -0.0800. The highest BCUT2D eigenvalue weighted by atomic mass is 15.2. The quantitative estimate of drug-likeness (QED) is 0.590. The molecule has 1 aliphatic carbocycles. The second-order valence-electron chi connectivity index (χ2n) is 6.14. The van der Waals surface area contributed by atoms with Gasteiger partial charge in [-0.1, -0.05) is 20.3 Å². The summed E-state index contributed by atoms with van der Waals surface area (Å²) in [5.41, 5.74) is 0. The van der Waals surface area contributed by atoms with Crippen LogP contribution in [0.15, 0.2) is 0 Å². The van der Waals surface area contributed by atoms with E-state index >= 15 is 0 Å². The van der Waals surface area contributed by atoms with Crippen molar-refractivity contribution in [3.63, 3.8) is 0 Å². The first kappa shape index (κ1) is 15.0. The van der Waals surface area contributed by atoms with Gasteiger partial charge in [0.05, 0.1) is 0 Å². The van der Waals surface area contributed by atoms with Gasteiger partial charge >= 0.3 is 0 Å². The molecule has 0 saturated heterocycles. The monoisotopic (exact) mass is 240 g/mol. The first-order valence-electron chi connectivity index (χ1n) is 7.54. The summed E-state index contributed by atoms with van der Waals surface area (Å²) in [7, 11) is 2.06. The molecule has 1 saturated carbocycles. The minimum atomic E-state index is 0.681. The van der Waals surface area contributed by atoms with E-state index in [-0.39, 0.29) is 0 Å². The zero-order chi connectivity index (χ0) is 12.7. The third kappa shape index (κ3) is 7.05. The van der Waals surface area contributed by atoms with Gasteiger partial charge in [0.1, 0.15) is 0 Å². The Morgan fingerprint density at radius 1 is 1.06 bits per heavy atom. The Bertz CT molecular complexity index is 187. The summed E-state index contributed by atoms with van der Waals surface area (Å²) in [5.74, 6) is 0.848. The minimum Gasteiger partial charge on any atom is -0.317 e. The Balaban J connectivity index is 2.08. The Kier molecular flexibility index (Phi) is 7.14. The maximum atomic E-state index is 3.31. The molecule has 0 aromatic rings. The highest BCUT2D eigenvalue weighted by molar-refractivity contribution is 4.84. The van der Waals surface area contributed by atoms with Gasteiger partial charge < -0.3 is 10.2 Å². The van der Waals surface area contributed by atoms with Crippen molar-refractivity contribution in [3.05, 3.63) is 0 Å². The highest BCUT2D eigenvalue weighted by Gasteiger charge is 2.28. The molecule has 1 rings (SSSR count). The van der Waals surface area contributed by atoms with Gasteiger partial charge in [0.2, 0.25) is 0 Å². The van der Waals surface area contributed by atoms with Gasteiger partial charge in [-0.2, -0.15) is 0 Å². The van der Waals surface area contributed by atoms with E-state index < -0.39 is 0 Å². The number of nitrogens with zero attached hydrogens (tertiary/aromatic N) is 1. The number of nitrogens with one attached hydrogen (secondary N) is 1. The molecule has 17 heavy (non-hydrogen) atoms. The van der Waals surface area contributed by atoms with E-state index in [9.17, 15) is 0 Å². The standard InChI is InChI=1S/C15H32N2/c1-13(2)10-12-17(15-8-9-15)11-6-5-7-14(3)16-4/h13-16H,5-12H2,1-4H3. The van der Waals surface area contributed by atoms with Gasteiger partial charge in [-0.15, -0.1) is 0 Å². The largest absolute Gasteiger partial charge is 0.317 e. The normalized spacial score (nSPS) is 18.0. The number of rotatable bonds is 10. The van der Waals surface area contributed by atoms with Crippen LogP contribution >= 0.6 is 0 Å². The van der Waals surface area contributed by atoms with E-state index in [4.69, 9.17) is 0 Å². The Labute approximate surface area is 108 Å². The summed E-state index contributed by atoms with van der Waals surface area (Å²) < 4.78 is 0. The lowest BCUT2D eigenvalue weighted by molar-refractivity contribution is 0.241. The van der Waals surface area contributed by atoms with Crippen molar-refractivity contribution in [3.8, 4) is 0 Å². The Morgan fingerprint density at radius 2 is 1.76 bits per heavy atom. The first-order valence-corrected chi connectivity index (χ1v) is 7.54. The number of hydrogen-bond donors (Lipinski definition) is 1. The van der Waals surface area contributed by atoms with Crippen molar-refractivity contribution in [2.24, 2.45) is 5.92 Å². The summed E-state index contributed by atoms with van der Waals surface area (Å²) in [6.45, 7) is 9.59. The molecule has 0 bridgehead atoms. The molecule has 0 aliphatic heterocycles. The Morgan fingerprint density at radius 3 is 2.29 bits per heavy atom. The predicted octanol–water partition coefficient (Wildman–Crippen LogP) is 3.28. The van der Waals surface area contributed by atoms with E-state index in [0.29, 0.717) is 6.04 Å². The van der Waals surface area contributed by atoms with Crippen LogP contribution in [0, 0.1) is 5.92 Å². The minimum absolute atomic E-state index is 0.681. The van der Waals surface area contributed by atoms with Crippen LogP contribution in [0.3, 0.4) is 0 Å². The maximum Gasteiger partial charge on any atom is 0.00964 e. The highest BCUT2D eigenvalue weighted by Crippen LogP contribution is 2.27. The lowest BCUT2D eigenvalue weighted by atomic mass is 10.1. The third-order valence-electron chi connectivity index (χ3n) is 3.88. The average Bonchev–Trinajstić information content (AvgIpc) is 3.11. The van der Waals surface area contributed by atoms with Crippen LogP contribution in [0.2, 0.25) is 0 Å². The summed E-state index contributed by atoms with van der Waals surface area (Å²) in [6.07, 6.45) is 8.33. The summed E-state index contributed by atoms with van der Waals surface area (Å²) >= 11 is 0. The fourth-order valence-corrected chi connectivity index (χ4v) is 2.25. The molecule has 2 nitrogen and oxygen atoms in total. The van der Waals surface area contributed by atoms with Crippen molar-refractivity contribution in [1.82, 2.24) is 10.2 Å². The van der Waals surface area contributed by atoms with Crippen LogP contribution in [0.4, 0.5) is 0 Å². The maximum absolute atomic E-state index is 3.31. The molecular formula is C15H32N2. The fraction of sp³-hybridized carbons (Fsp3) is 1.00. The van der Waals surface area contributed by atoms with Gasteiger partial charge in [0.25, 0.3) is 0 Å². The average molecular weight is 240 g/mol. The zero-order valence-corrected chi connectivity index (χ0v) is 12.3. The molecule has 0 amide bonds. The molecule has 1 unspecified atom stereocenters. The van der Waals surface area contributed by atoms with Gasteiger partial charge in [-0.05, 0) is 65.1 Å². The predicted molar refractivity (Wildman–Crippen MR) is 76.4 cm³/mol. The van der Waals surface area contributed by atoms with Crippen LogP contribution in [0.1, 0.15) is 59.3 Å². The molecule has 0 spiro atoms. The van der Waals surface area contributed by atoms with Gasteiger partial charge in [-0.3, -0.25) is 0 Å². The van der Waals surface area contributed by atoms with Crippen LogP contribution in [-0.2, 0) is 0 Å². The van der Waals surface area contributed by atoms with Gasteiger partial charge in [0, 0.05) is 12.1 Å². The molecule has 0 aromatic heterocycles. The van der Waals surface area contributed by atoms with Gasteiger partial charge in [-0.25, -0.2) is 0 Å². The summed E-state index contributed by atoms with van der Waals surface area (Å²) in [6, 6.07) is 1.62. The van der Waals surface area contributed by atoms with Crippen LogP contribution in [0.25, 0.3) is 0 Å². The van der Waals surface area contributed by atoms with Crippen molar-refractivity contribution >= 4 is 0 Å². The molecule has 2 heteroatoms. The molecule has 1 N–H and O–H groups in total. The molecule has 0 heterocycles. The molecule has 1 aliphatic rings. The van der Waals surface area contributed by atoms with Gasteiger partial charge in [0.15, 0.2) is 0 Å². The second-order valence-corrected chi connectivity index (χ2v) is 6.14. The number of unbranched alkanes of at least 4 members (excludes halogenated alkanes) is 1. The number of hydrogen-bond acceptors (Lipinski definition) is 2. The summed E-state index contributed by atoms with van der Waals surface area (Å²) in [5, 5.41) is 3.31. The lowest BCUT2D eigenvalue weighted by Gasteiger charge is -2.23. The molecule has 1 fully saturated rings. The molecule has 102 valence electrons. The smallest absolute Gasteiger partial charge is 0.00964 e. The van der Waals surface area contributed by atoms with E-state index in [2.05, 4.69) is 38.0 Å². The topological polar surface area (TPSA) is 15.3 Å².